The van der Waals surface area contributed by atoms with Gasteiger partial charge in [0.25, 0.3) is 0 Å². The lowest BCUT2D eigenvalue weighted by Gasteiger charge is -2.16. The summed E-state index contributed by atoms with van der Waals surface area (Å²) in [5.74, 6) is 0.769. The molecule has 0 bridgehead atoms. The van der Waals surface area contributed by atoms with Crippen LogP contribution in [0, 0.1) is 5.92 Å². The van der Waals surface area contributed by atoms with Crippen molar-refractivity contribution in [3.8, 4) is 0 Å². The van der Waals surface area contributed by atoms with Crippen LogP contribution in [0.4, 0.5) is 0 Å². The fraction of sp³-hybridized carbons (Fsp3) is 0.733. The predicted molar refractivity (Wildman–Crippen MR) is 78.8 cm³/mol. The third-order valence-corrected chi connectivity index (χ3v) is 4.36. The first-order valence-electron chi connectivity index (χ1n) is 6.61. The summed E-state index contributed by atoms with van der Waals surface area (Å²) in [6.45, 7) is 14.7. The summed E-state index contributed by atoms with van der Waals surface area (Å²) in [4.78, 5) is 2.93. The lowest BCUT2D eigenvalue weighted by molar-refractivity contribution is 0.443. The van der Waals surface area contributed by atoms with Gasteiger partial charge >= 0.3 is 0 Å². The van der Waals surface area contributed by atoms with Crippen molar-refractivity contribution in [1.82, 2.24) is 5.32 Å². The van der Waals surface area contributed by atoms with Gasteiger partial charge in [0.1, 0.15) is 0 Å². The molecule has 0 saturated heterocycles. The van der Waals surface area contributed by atoms with Gasteiger partial charge in [-0.05, 0) is 36.8 Å². The molecular formula is C15H27NS. The Morgan fingerprint density at radius 3 is 2.29 bits per heavy atom. The van der Waals surface area contributed by atoms with Crippen LogP contribution in [0.15, 0.2) is 12.1 Å². The number of hydrogen-bond donors (Lipinski definition) is 1. The molecule has 1 N–H and O–H groups in total. The first kappa shape index (κ1) is 14.7. The lowest BCUT2D eigenvalue weighted by Crippen LogP contribution is -2.26. The predicted octanol–water partition coefficient (Wildman–Crippen LogP) is 4.57. The molecule has 98 valence electrons. The third kappa shape index (κ3) is 5.22. The first-order valence-corrected chi connectivity index (χ1v) is 7.43. The van der Waals surface area contributed by atoms with Crippen LogP contribution >= 0.6 is 11.3 Å². The van der Waals surface area contributed by atoms with E-state index in [0.717, 1.165) is 12.5 Å². The van der Waals surface area contributed by atoms with E-state index in [9.17, 15) is 0 Å². The topological polar surface area (TPSA) is 12.0 Å². The largest absolute Gasteiger partial charge is 0.309 e. The van der Waals surface area contributed by atoms with Crippen molar-refractivity contribution >= 4 is 11.3 Å². The Labute approximate surface area is 111 Å². The Balaban J connectivity index is 2.45. The summed E-state index contributed by atoms with van der Waals surface area (Å²) in [6.07, 6.45) is 1.25. The molecule has 17 heavy (non-hydrogen) atoms. The molecular weight excluding hydrogens is 226 g/mol. The van der Waals surface area contributed by atoms with E-state index < -0.39 is 0 Å². The van der Waals surface area contributed by atoms with Crippen molar-refractivity contribution in [2.45, 2.75) is 66.0 Å². The maximum Gasteiger partial charge on any atom is 0.0302 e. The third-order valence-electron chi connectivity index (χ3n) is 2.85. The number of thiophene rings is 1. The normalized spacial score (nSPS) is 14.3. The van der Waals surface area contributed by atoms with Crippen molar-refractivity contribution in [3.63, 3.8) is 0 Å². The van der Waals surface area contributed by atoms with Gasteiger partial charge in [-0.1, -0.05) is 34.6 Å². The van der Waals surface area contributed by atoms with Crippen LogP contribution in [0.5, 0.6) is 0 Å². The molecule has 0 aliphatic rings. The molecule has 1 aromatic heterocycles. The quantitative estimate of drug-likeness (QED) is 0.810. The zero-order valence-electron chi connectivity index (χ0n) is 12.1. The minimum absolute atomic E-state index is 0.284. The molecule has 1 aromatic rings. The van der Waals surface area contributed by atoms with Gasteiger partial charge in [-0.25, -0.2) is 0 Å². The van der Waals surface area contributed by atoms with Crippen LogP contribution in [0.3, 0.4) is 0 Å². The van der Waals surface area contributed by atoms with Crippen LogP contribution in [0.25, 0.3) is 0 Å². The Morgan fingerprint density at radius 1 is 1.18 bits per heavy atom. The standard InChI is InChI=1S/C15H27NS/c1-11(2)9-12(3)16-10-13-7-8-14(17-13)15(4,5)6/h7-8,11-12,16H,9-10H2,1-6H3. The Hall–Kier alpha value is -0.340. The fourth-order valence-corrected chi connectivity index (χ4v) is 2.96. The molecule has 0 aliphatic carbocycles. The van der Waals surface area contributed by atoms with Gasteiger partial charge in [0.05, 0.1) is 0 Å². The summed E-state index contributed by atoms with van der Waals surface area (Å²) >= 11 is 1.94. The summed E-state index contributed by atoms with van der Waals surface area (Å²) in [7, 11) is 0. The minimum atomic E-state index is 0.284. The van der Waals surface area contributed by atoms with Crippen molar-refractivity contribution in [1.29, 1.82) is 0 Å². The van der Waals surface area contributed by atoms with Crippen LogP contribution < -0.4 is 5.32 Å². The molecule has 1 rings (SSSR count). The smallest absolute Gasteiger partial charge is 0.0302 e. The average molecular weight is 253 g/mol. The highest BCUT2D eigenvalue weighted by Crippen LogP contribution is 2.29. The van der Waals surface area contributed by atoms with Gasteiger partial charge in [-0.2, -0.15) is 0 Å². The second kappa shape index (κ2) is 6.01. The maximum absolute atomic E-state index is 3.61. The molecule has 0 fully saturated rings. The Kier molecular flexibility index (Phi) is 5.21. The summed E-state index contributed by atoms with van der Waals surface area (Å²) in [5.41, 5.74) is 0.284. The van der Waals surface area contributed by atoms with Crippen LogP contribution in [-0.4, -0.2) is 6.04 Å². The van der Waals surface area contributed by atoms with Gasteiger partial charge in [0.2, 0.25) is 0 Å². The number of rotatable bonds is 5. The highest BCUT2D eigenvalue weighted by Gasteiger charge is 2.16. The van der Waals surface area contributed by atoms with Gasteiger partial charge in [-0.3, -0.25) is 0 Å². The molecule has 1 unspecified atom stereocenters. The maximum atomic E-state index is 3.61. The SMILES string of the molecule is CC(C)CC(C)NCc1ccc(C(C)(C)C)s1. The van der Waals surface area contributed by atoms with E-state index in [1.54, 1.807) is 0 Å². The van der Waals surface area contributed by atoms with E-state index in [4.69, 9.17) is 0 Å². The molecule has 1 nitrogen and oxygen atoms in total. The molecule has 0 spiro atoms. The zero-order chi connectivity index (χ0) is 13.1. The van der Waals surface area contributed by atoms with Crippen LogP contribution in [0.2, 0.25) is 0 Å². The van der Waals surface area contributed by atoms with E-state index in [2.05, 4.69) is 59.0 Å². The molecule has 0 amide bonds. The lowest BCUT2D eigenvalue weighted by atomic mass is 9.95. The average Bonchev–Trinajstić information content (AvgIpc) is 2.61. The van der Waals surface area contributed by atoms with Gasteiger partial charge in [0, 0.05) is 22.3 Å². The molecule has 0 radical (unpaired) electrons. The first-order chi connectivity index (χ1) is 7.79. The Morgan fingerprint density at radius 2 is 1.82 bits per heavy atom. The van der Waals surface area contributed by atoms with Crippen molar-refractivity contribution in [2.24, 2.45) is 5.92 Å². The highest BCUT2D eigenvalue weighted by molar-refractivity contribution is 7.12. The monoisotopic (exact) mass is 253 g/mol. The summed E-state index contributed by atoms with van der Waals surface area (Å²) < 4.78 is 0. The second-order valence-corrected chi connectivity index (χ2v) is 7.60. The fourth-order valence-electron chi connectivity index (χ4n) is 1.94. The number of hydrogen-bond acceptors (Lipinski definition) is 2. The van der Waals surface area contributed by atoms with E-state index in [1.165, 1.54) is 16.2 Å². The second-order valence-electron chi connectivity index (χ2n) is 6.43. The highest BCUT2D eigenvalue weighted by atomic mass is 32.1. The van der Waals surface area contributed by atoms with Gasteiger partial charge < -0.3 is 5.32 Å². The zero-order valence-corrected chi connectivity index (χ0v) is 12.9. The van der Waals surface area contributed by atoms with E-state index in [1.807, 2.05) is 11.3 Å². The van der Waals surface area contributed by atoms with Crippen molar-refractivity contribution in [3.05, 3.63) is 21.9 Å². The van der Waals surface area contributed by atoms with Gasteiger partial charge in [0.15, 0.2) is 0 Å². The van der Waals surface area contributed by atoms with Crippen LogP contribution in [0.1, 0.15) is 57.7 Å². The van der Waals surface area contributed by atoms with Crippen molar-refractivity contribution in [2.75, 3.05) is 0 Å². The molecule has 0 aromatic carbocycles. The summed E-state index contributed by atoms with van der Waals surface area (Å²) in [5, 5.41) is 3.61. The van der Waals surface area contributed by atoms with Crippen LogP contribution in [-0.2, 0) is 12.0 Å². The van der Waals surface area contributed by atoms with Crippen molar-refractivity contribution < 1.29 is 0 Å². The Bertz CT molecular complexity index is 333. The van der Waals surface area contributed by atoms with E-state index in [0.29, 0.717) is 6.04 Å². The van der Waals surface area contributed by atoms with E-state index >= 15 is 0 Å². The minimum Gasteiger partial charge on any atom is -0.309 e. The number of nitrogens with one attached hydrogen (secondary N) is 1. The molecule has 0 aliphatic heterocycles. The summed E-state index contributed by atoms with van der Waals surface area (Å²) in [6, 6.07) is 5.14. The molecule has 0 saturated carbocycles. The van der Waals surface area contributed by atoms with Gasteiger partial charge in [-0.15, -0.1) is 11.3 Å². The molecule has 1 atom stereocenters. The molecule has 1 heterocycles. The van der Waals surface area contributed by atoms with E-state index in [-0.39, 0.29) is 5.41 Å². The molecule has 2 heteroatoms.